The molecule has 1 aliphatic heterocycles. The van der Waals surface area contributed by atoms with Crippen molar-refractivity contribution in [3.63, 3.8) is 0 Å². The summed E-state index contributed by atoms with van der Waals surface area (Å²) < 4.78 is 18.8. The van der Waals surface area contributed by atoms with Crippen molar-refractivity contribution in [2.75, 3.05) is 18.5 Å². The van der Waals surface area contributed by atoms with Crippen LogP contribution >= 0.6 is 0 Å². The van der Waals surface area contributed by atoms with Crippen molar-refractivity contribution in [2.24, 2.45) is 0 Å². The number of benzene rings is 1. The van der Waals surface area contributed by atoms with Crippen LogP contribution in [0.15, 0.2) is 48.5 Å². The van der Waals surface area contributed by atoms with Gasteiger partial charge in [-0.3, -0.25) is 4.79 Å². The summed E-state index contributed by atoms with van der Waals surface area (Å²) in [5.41, 5.74) is 2.59. The summed E-state index contributed by atoms with van der Waals surface area (Å²) in [4.78, 5) is 28.2. The van der Waals surface area contributed by atoms with E-state index in [4.69, 9.17) is 9.72 Å². The summed E-state index contributed by atoms with van der Waals surface area (Å²) in [6.45, 7) is 4.72. The van der Waals surface area contributed by atoms with Gasteiger partial charge >= 0.3 is 0 Å². The summed E-state index contributed by atoms with van der Waals surface area (Å²) in [5, 5.41) is 3.16. The summed E-state index contributed by atoms with van der Waals surface area (Å²) in [7, 11) is 0. The number of carbonyl (C=O) groups excluding carboxylic acids is 1. The van der Waals surface area contributed by atoms with Gasteiger partial charge in [-0.2, -0.15) is 0 Å². The highest BCUT2D eigenvalue weighted by Crippen LogP contribution is 2.32. The minimum Gasteiger partial charge on any atom is -0.493 e. The third-order valence-electron chi connectivity index (χ3n) is 5.29. The molecular weight excluding hydrogens is 409 g/mol. The highest BCUT2D eigenvalue weighted by atomic mass is 19.1. The van der Waals surface area contributed by atoms with E-state index in [2.05, 4.69) is 15.3 Å². The monoisotopic (exact) mass is 435 g/mol. The third-order valence-corrected chi connectivity index (χ3v) is 5.29. The minimum absolute atomic E-state index is 0.00158. The fraction of sp³-hybridized carbons (Fsp3) is 0.333. The Morgan fingerprint density at radius 2 is 1.91 bits per heavy atom. The lowest BCUT2D eigenvalue weighted by Crippen LogP contribution is -2.32. The van der Waals surface area contributed by atoms with Gasteiger partial charge in [0, 0.05) is 24.0 Å². The van der Waals surface area contributed by atoms with Gasteiger partial charge in [0.25, 0.3) is 0 Å². The molecule has 0 radical (unpaired) electrons. The number of anilines is 2. The molecule has 32 heavy (non-hydrogen) atoms. The Kier molecular flexibility index (Phi) is 6.58. The molecule has 0 spiro atoms. The number of hydrogen-bond donors (Lipinski definition) is 1. The van der Waals surface area contributed by atoms with E-state index in [0.717, 1.165) is 29.9 Å². The molecule has 1 fully saturated rings. The van der Waals surface area contributed by atoms with Crippen LogP contribution in [0.4, 0.5) is 16.2 Å². The molecule has 0 aliphatic carbocycles. The van der Waals surface area contributed by atoms with Crippen LogP contribution in [-0.4, -0.2) is 38.9 Å². The first-order valence-electron chi connectivity index (χ1n) is 10.7. The van der Waals surface area contributed by atoms with Crippen LogP contribution in [-0.2, 0) is 4.79 Å². The maximum atomic E-state index is 13.3. The fourth-order valence-electron chi connectivity index (χ4n) is 3.93. The molecule has 1 N–H and O–H groups in total. The number of amides is 1. The van der Waals surface area contributed by atoms with Crippen molar-refractivity contribution < 1.29 is 13.9 Å². The van der Waals surface area contributed by atoms with Crippen LogP contribution in [0.1, 0.15) is 42.4 Å². The molecule has 3 aromatic rings. The normalized spacial score (nSPS) is 15.6. The van der Waals surface area contributed by atoms with Gasteiger partial charge in [0.15, 0.2) is 0 Å². The van der Waals surface area contributed by atoms with Crippen LogP contribution in [0.3, 0.4) is 0 Å². The lowest BCUT2D eigenvalue weighted by molar-refractivity contribution is -0.132. The second kappa shape index (κ2) is 9.72. The van der Waals surface area contributed by atoms with E-state index >= 15 is 0 Å². The number of nitrogens with zero attached hydrogens (tertiary/aromatic N) is 4. The lowest BCUT2D eigenvalue weighted by atomic mass is 10.1. The van der Waals surface area contributed by atoms with E-state index in [-0.39, 0.29) is 30.8 Å². The number of carbonyl (C=O) groups is 1. The maximum absolute atomic E-state index is 13.3. The average molecular weight is 436 g/mol. The van der Waals surface area contributed by atoms with Crippen molar-refractivity contribution in [1.82, 2.24) is 19.9 Å². The van der Waals surface area contributed by atoms with E-state index in [1.54, 1.807) is 12.1 Å². The van der Waals surface area contributed by atoms with E-state index in [9.17, 15) is 9.18 Å². The number of aromatic nitrogens is 3. The maximum Gasteiger partial charge on any atom is 0.228 e. The number of ether oxygens (including phenoxy) is 1. The van der Waals surface area contributed by atoms with E-state index in [1.165, 1.54) is 12.1 Å². The first-order chi connectivity index (χ1) is 15.5. The van der Waals surface area contributed by atoms with E-state index in [0.29, 0.717) is 24.1 Å². The van der Waals surface area contributed by atoms with E-state index in [1.807, 2.05) is 43.0 Å². The van der Waals surface area contributed by atoms with Gasteiger partial charge in [-0.15, -0.1) is 0 Å². The average Bonchev–Trinajstić information content (AvgIpc) is 3.23. The van der Waals surface area contributed by atoms with Gasteiger partial charge in [0.05, 0.1) is 24.8 Å². The Bertz CT molecular complexity index is 1090. The number of rotatable bonds is 7. The number of pyridine rings is 1. The predicted molar refractivity (Wildman–Crippen MR) is 119 cm³/mol. The van der Waals surface area contributed by atoms with Crippen molar-refractivity contribution in [1.29, 1.82) is 0 Å². The van der Waals surface area contributed by atoms with Crippen LogP contribution in [0.2, 0.25) is 0 Å². The zero-order chi connectivity index (χ0) is 22.5. The quantitative estimate of drug-likeness (QED) is 0.588. The molecule has 0 bridgehead atoms. The van der Waals surface area contributed by atoms with Gasteiger partial charge in [-0.1, -0.05) is 12.1 Å². The Hall–Kier alpha value is -3.55. The number of hydrogen-bond acceptors (Lipinski definition) is 6. The Balaban J connectivity index is 1.40. The summed E-state index contributed by atoms with van der Waals surface area (Å²) in [5.74, 6) is 1.20. The zero-order valence-electron chi connectivity index (χ0n) is 18.2. The molecule has 0 saturated carbocycles. The van der Waals surface area contributed by atoms with Crippen LogP contribution in [0.25, 0.3) is 0 Å². The van der Waals surface area contributed by atoms with Crippen LogP contribution in [0, 0.1) is 19.7 Å². The SMILES string of the molecule is Cc1cc(C)nc(Nc2cccc([C@@H]3CCCN3C(=O)CCOc3cccc(F)c3)n2)n1. The van der Waals surface area contributed by atoms with E-state index < -0.39 is 0 Å². The number of nitrogens with one attached hydrogen (secondary N) is 1. The Morgan fingerprint density at radius 3 is 2.69 bits per heavy atom. The number of aryl methyl sites for hydroxylation is 2. The zero-order valence-corrected chi connectivity index (χ0v) is 18.2. The lowest BCUT2D eigenvalue weighted by Gasteiger charge is -2.25. The van der Waals surface area contributed by atoms with Gasteiger partial charge in [-0.25, -0.2) is 19.3 Å². The third kappa shape index (κ3) is 5.38. The largest absolute Gasteiger partial charge is 0.493 e. The standard InChI is InChI=1S/C24H26FN5O2/c1-16-14-17(2)27-24(26-16)29-22-10-4-8-20(28-22)21-9-5-12-30(21)23(31)11-13-32-19-7-3-6-18(25)15-19/h3-4,6-8,10,14-15,21H,5,9,11-13H2,1-2H3,(H,26,27,28,29)/t21-/m0/s1. The van der Waals surface area contributed by atoms with Crippen molar-refractivity contribution in [2.45, 2.75) is 39.2 Å². The minimum atomic E-state index is -0.362. The highest BCUT2D eigenvalue weighted by molar-refractivity contribution is 5.77. The molecule has 1 aromatic carbocycles. The first-order valence-corrected chi connectivity index (χ1v) is 10.7. The second-order valence-corrected chi connectivity index (χ2v) is 7.85. The Labute approximate surface area is 186 Å². The molecule has 4 rings (SSSR count). The molecule has 1 amide bonds. The highest BCUT2D eigenvalue weighted by Gasteiger charge is 2.30. The van der Waals surface area contributed by atoms with Gasteiger partial charge in [-0.05, 0) is 57.0 Å². The summed E-state index contributed by atoms with van der Waals surface area (Å²) in [6, 6.07) is 13.5. The van der Waals surface area contributed by atoms with Crippen molar-refractivity contribution in [3.05, 3.63) is 71.4 Å². The summed E-state index contributed by atoms with van der Waals surface area (Å²) in [6.07, 6.45) is 2.00. The molecule has 1 atom stereocenters. The molecule has 8 heteroatoms. The molecule has 1 saturated heterocycles. The molecular formula is C24H26FN5O2. The molecule has 166 valence electrons. The molecule has 7 nitrogen and oxygen atoms in total. The van der Waals surface area contributed by atoms with Gasteiger partial charge < -0.3 is 15.0 Å². The molecule has 0 unspecified atom stereocenters. The molecule has 3 heterocycles. The summed E-state index contributed by atoms with van der Waals surface area (Å²) >= 11 is 0. The Morgan fingerprint density at radius 1 is 1.12 bits per heavy atom. The predicted octanol–water partition coefficient (Wildman–Crippen LogP) is 4.50. The van der Waals surface area contributed by atoms with Crippen LogP contribution in [0.5, 0.6) is 5.75 Å². The van der Waals surface area contributed by atoms with Crippen molar-refractivity contribution >= 4 is 17.7 Å². The number of likely N-dealkylation sites (tertiary alicyclic amines) is 1. The smallest absolute Gasteiger partial charge is 0.228 e. The number of halogens is 1. The fourth-order valence-corrected chi connectivity index (χ4v) is 3.93. The van der Waals surface area contributed by atoms with Crippen LogP contribution < -0.4 is 10.1 Å². The second-order valence-electron chi connectivity index (χ2n) is 7.85. The van der Waals surface area contributed by atoms with Gasteiger partial charge in [0.1, 0.15) is 17.4 Å². The molecule has 2 aromatic heterocycles. The first kappa shape index (κ1) is 21.7. The van der Waals surface area contributed by atoms with Gasteiger partial charge in [0.2, 0.25) is 11.9 Å². The topological polar surface area (TPSA) is 80.2 Å². The molecule has 1 aliphatic rings. The van der Waals surface area contributed by atoms with Crippen molar-refractivity contribution in [3.8, 4) is 5.75 Å².